The molecule has 1 fully saturated rings. The lowest BCUT2D eigenvalue weighted by Gasteiger charge is -2.29. The number of Topliss-reactive ketones (excluding diaryl/α,β-unsaturated/α-hetero) is 1. The van der Waals surface area contributed by atoms with Crippen LogP contribution < -0.4 is 5.32 Å². The van der Waals surface area contributed by atoms with Gasteiger partial charge in [-0.3, -0.25) is 14.4 Å². The molecule has 8 heteroatoms. The molecule has 3 unspecified atom stereocenters. The quantitative estimate of drug-likeness (QED) is 0.308. The number of nitrogens with zero attached hydrogens (tertiary/aromatic N) is 1. The minimum Gasteiger partial charge on any atom is -0.378 e. The van der Waals surface area contributed by atoms with Gasteiger partial charge in [-0.15, -0.1) is 0 Å². The number of aliphatic hydroxyl groups is 1. The maximum absolute atomic E-state index is 13.7. The lowest BCUT2D eigenvalue weighted by molar-refractivity contribution is -0.141. The Kier molecular flexibility index (Phi) is 9.44. The van der Waals surface area contributed by atoms with Gasteiger partial charge in [-0.1, -0.05) is 66.9 Å². The highest BCUT2D eigenvalue weighted by Crippen LogP contribution is 2.31. The summed E-state index contributed by atoms with van der Waals surface area (Å²) in [6.45, 7) is 4.13. The maximum Gasteiger partial charge on any atom is 0.256 e. The number of hydrogen-bond acceptors (Lipinski definition) is 4. The molecule has 204 valence electrons. The summed E-state index contributed by atoms with van der Waals surface area (Å²) in [5.41, 5.74) is 2.99. The molecule has 2 amide bonds. The molecule has 1 heterocycles. The van der Waals surface area contributed by atoms with Gasteiger partial charge in [0, 0.05) is 28.7 Å². The molecule has 0 radical (unpaired) electrons. The number of amides is 2. The molecule has 3 aromatic carbocycles. The van der Waals surface area contributed by atoms with E-state index in [2.05, 4.69) is 5.32 Å². The third-order valence-electron chi connectivity index (χ3n) is 7.39. The fourth-order valence-electron chi connectivity index (χ4n) is 5.19. The molecule has 6 nitrogen and oxygen atoms in total. The molecule has 2 N–H and O–H groups in total. The molecule has 1 saturated heterocycles. The van der Waals surface area contributed by atoms with E-state index < -0.39 is 17.9 Å². The van der Waals surface area contributed by atoms with Gasteiger partial charge in [-0.05, 0) is 78.8 Å². The lowest BCUT2D eigenvalue weighted by atomic mass is 9.86. The first-order chi connectivity index (χ1) is 18.7. The van der Waals surface area contributed by atoms with Crippen LogP contribution in [0.1, 0.15) is 55.1 Å². The van der Waals surface area contributed by atoms with Crippen molar-refractivity contribution in [1.29, 1.82) is 0 Å². The van der Waals surface area contributed by atoms with E-state index in [1.165, 1.54) is 6.92 Å². The van der Waals surface area contributed by atoms with Crippen molar-refractivity contribution in [2.75, 3.05) is 18.4 Å². The number of hydrogen-bond donors (Lipinski definition) is 2. The molecule has 0 bridgehead atoms. The molecule has 0 saturated carbocycles. The summed E-state index contributed by atoms with van der Waals surface area (Å²) in [5.74, 6) is -1.32. The Morgan fingerprint density at radius 3 is 2.38 bits per heavy atom. The Morgan fingerprint density at radius 1 is 1.00 bits per heavy atom. The van der Waals surface area contributed by atoms with Crippen molar-refractivity contribution in [3.05, 3.63) is 87.9 Å². The minimum absolute atomic E-state index is 0.0558. The predicted octanol–water partition coefficient (Wildman–Crippen LogP) is 6.80. The standard InChI is InChI=1S/C31H32Cl2N2O4/c1-3-20-7-5-15-35(31(39)29(37)23-6-4-8-25(33)16-23)18-27(20)30(38)34-28-14-11-22(17-26(28)19(2)36)21-9-12-24(32)13-10-21/h4,6,8-14,16-17,20,27,29,37H,3,5,7,15,18H2,1-2H3,(H,34,38). The fraction of sp³-hybridized carbons (Fsp3) is 0.323. The minimum atomic E-state index is -1.37. The average molecular weight is 568 g/mol. The molecule has 0 aliphatic carbocycles. The van der Waals surface area contributed by atoms with Gasteiger partial charge in [0.15, 0.2) is 11.9 Å². The SMILES string of the molecule is CCC1CCCN(C(=O)C(O)c2cccc(Cl)c2)CC1C(=O)Nc1ccc(-c2ccc(Cl)cc2)cc1C(C)=O. The smallest absolute Gasteiger partial charge is 0.256 e. The second kappa shape index (κ2) is 12.8. The fourth-order valence-corrected chi connectivity index (χ4v) is 5.52. The van der Waals surface area contributed by atoms with Crippen LogP contribution in [0, 0.1) is 11.8 Å². The van der Waals surface area contributed by atoms with E-state index in [1.54, 1.807) is 53.4 Å². The summed E-state index contributed by atoms with van der Waals surface area (Å²) in [6.07, 6.45) is 0.910. The van der Waals surface area contributed by atoms with Crippen LogP contribution in [0.15, 0.2) is 66.7 Å². The van der Waals surface area contributed by atoms with E-state index in [9.17, 15) is 19.5 Å². The molecule has 39 heavy (non-hydrogen) atoms. The van der Waals surface area contributed by atoms with Crippen LogP contribution in [-0.4, -0.2) is 40.7 Å². The van der Waals surface area contributed by atoms with Crippen molar-refractivity contribution in [2.45, 2.75) is 39.2 Å². The molecule has 4 rings (SSSR count). The zero-order valence-corrected chi connectivity index (χ0v) is 23.5. The lowest BCUT2D eigenvalue weighted by Crippen LogP contribution is -2.42. The topological polar surface area (TPSA) is 86.7 Å². The van der Waals surface area contributed by atoms with Gasteiger partial charge in [0.2, 0.25) is 5.91 Å². The number of benzene rings is 3. The van der Waals surface area contributed by atoms with E-state index in [0.29, 0.717) is 33.4 Å². The van der Waals surface area contributed by atoms with Gasteiger partial charge in [0.1, 0.15) is 0 Å². The van der Waals surface area contributed by atoms with E-state index in [-0.39, 0.29) is 24.2 Å². The number of aliphatic hydroxyl groups excluding tert-OH is 1. The monoisotopic (exact) mass is 566 g/mol. The summed E-state index contributed by atoms with van der Waals surface area (Å²) in [6, 6.07) is 19.3. The van der Waals surface area contributed by atoms with Crippen molar-refractivity contribution in [3.8, 4) is 11.1 Å². The Balaban J connectivity index is 1.56. The van der Waals surface area contributed by atoms with E-state index in [0.717, 1.165) is 30.4 Å². The molecule has 3 aromatic rings. The number of carbonyl (C=O) groups is 3. The van der Waals surface area contributed by atoms with Crippen LogP contribution in [0.4, 0.5) is 5.69 Å². The molecule has 0 aromatic heterocycles. The van der Waals surface area contributed by atoms with Crippen molar-refractivity contribution in [2.24, 2.45) is 11.8 Å². The molecule has 3 atom stereocenters. The molecule has 0 spiro atoms. The zero-order valence-electron chi connectivity index (χ0n) is 22.0. The van der Waals surface area contributed by atoms with E-state index in [1.807, 2.05) is 25.1 Å². The Morgan fingerprint density at radius 2 is 1.72 bits per heavy atom. The summed E-state index contributed by atoms with van der Waals surface area (Å²) in [4.78, 5) is 41.0. The first kappa shape index (κ1) is 28.8. The second-order valence-corrected chi connectivity index (χ2v) is 10.8. The number of anilines is 1. The van der Waals surface area contributed by atoms with Gasteiger partial charge in [0.25, 0.3) is 5.91 Å². The molecule has 1 aliphatic rings. The Hall–Kier alpha value is -3.19. The Bertz CT molecular complexity index is 1360. The number of nitrogens with one attached hydrogen (secondary N) is 1. The summed E-state index contributed by atoms with van der Waals surface area (Å²) in [7, 11) is 0. The number of ketones is 1. The highest BCUT2D eigenvalue weighted by molar-refractivity contribution is 6.31. The number of carbonyl (C=O) groups excluding carboxylic acids is 3. The van der Waals surface area contributed by atoms with Crippen LogP contribution in [0.5, 0.6) is 0 Å². The number of halogens is 2. The Labute approximate surface area is 238 Å². The third kappa shape index (κ3) is 6.88. The summed E-state index contributed by atoms with van der Waals surface area (Å²) < 4.78 is 0. The van der Waals surface area contributed by atoms with Gasteiger partial charge in [-0.25, -0.2) is 0 Å². The highest BCUT2D eigenvalue weighted by Gasteiger charge is 2.35. The first-order valence-electron chi connectivity index (χ1n) is 13.1. The van der Waals surface area contributed by atoms with E-state index >= 15 is 0 Å². The van der Waals surface area contributed by atoms with Gasteiger partial charge < -0.3 is 15.3 Å². The van der Waals surface area contributed by atoms with Gasteiger partial charge in [0.05, 0.1) is 11.6 Å². The zero-order chi connectivity index (χ0) is 28.1. The summed E-state index contributed by atoms with van der Waals surface area (Å²) in [5, 5.41) is 14.8. The predicted molar refractivity (Wildman–Crippen MR) is 155 cm³/mol. The van der Waals surface area contributed by atoms with Crippen LogP contribution >= 0.6 is 23.2 Å². The van der Waals surface area contributed by atoms with Gasteiger partial charge >= 0.3 is 0 Å². The van der Waals surface area contributed by atoms with Crippen LogP contribution in [0.2, 0.25) is 10.0 Å². The van der Waals surface area contributed by atoms with Crippen molar-refractivity contribution in [3.63, 3.8) is 0 Å². The maximum atomic E-state index is 13.7. The van der Waals surface area contributed by atoms with Crippen molar-refractivity contribution in [1.82, 2.24) is 4.90 Å². The van der Waals surface area contributed by atoms with Crippen LogP contribution in [-0.2, 0) is 9.59 Å². The largest absolute Gasteiger partial charge is 0.378 e. The van der Waals surface area contributed by atoms with Gasteiger partial charge in [-0.2, -0.15) is 0 Å². The molecular formula is C31H32Cl2N2O4. The molecular weight excluding hydrogens is 535 g/mol. The first-order valence-corrected chi connectivity index (χ1v) is 13.9. The van der Waals surface area contributed by atoms with Crippen molar-refractivity contribution >= 4 is 46.5 Å². The second-order valence-electron chi connectivity index (χ2n) is 9.97. The molecule has 1 aliphatic heterocycles. The average Bonchev–Trinajstić information content (AvgIpc) is 3.15. The number of likely N-dealkylation sites (tertiary alicyclic amines) is 1. The normalized spacial score (nSPS) is 18.2. The van der Waals surface area contributed by atoms with E-state index in [4.69, 9.17) is 23.2 Å². The van der Waals surface area contributed by atoms with Crippen LogP contribution in [0.3, 0.4) is 0 Å². The highest BCUT2D eigenvalue weighted by atomic mass is 35.5. The summed E-state index contributed by atoms with van der Waals surface area (Å²) >= 11 is 12.1. The van der Waals surface area contributed by atoms with Crippen LogP contribution in [0.25, 0.3) is 11.1 Å². The number of rotatable bonds is 7. The van der Waals surface area contributed by atoms with Crippen molar-refractivity contribution < 1.29 is 19.5 Å². The third-order valence-corrected chi connectivity index (χ3v) is 7.88.